The third-order valence-electron chi connectivity index (χ3n) is 5.55. The summed E-state index contributed by atoms with van der Waals surface area (Å²) in [6, 6.07) is 11.4. The molecule has 0 aromatic heterocycles. The predicted octanol–water partition coefficient (Wildman–Crippen LogP) is 4.34. The summed E-state index contributed by atoms with van der Waals surface area (Å²) in [6.07, 6.45) is 0. The number of nitrogens with zero attached hydrogens (tertiary/aromatic N) is 1. The molecule has 1 heterocycles. The first kappa shape index (κ1) is 17.5. The summed E-state index contributed by atoms with van der Waals surface area (Å²) in [5, 5.41) is 1.32. The van der Waals surface area contributed by atoms with E-state index < -0.39 is 25.7 Å². The van der Waals surface area contributed by atoms with Crippen LogP contribution >= 0.6 is 0 Å². The Hall–Kier alpha value is -2.27. The van der Waals surface area contributed by atoms with Crippen molar-refractivity contribution in [3.63, 3.8) is 0 Å². The lowest BCUT2D eigenvalue weighted by atomic mass is 10.1. The average molecular weight is 355 g/mol. The van der Waals surface area contributed by atoms with Crippen molar-refractivity contribution in [3.05, 3.63) is 59.4 Å². The van der Waals surface area contributed by atoms with Gasteiger partial charge in [0.2, 0.25) is 0 Å². The SMILES string of the molecule is CC(C)(C)[Si](C)(C)c1cccc(N2C(=O)c3ccc(F)cc3C2=O)c1. The Kier molecular flexibility index (Phi) is 3.95. The minimum atomic E-state index is -1.81. The van der Waals surface area contributed by atoms with E-state index in [0.717, 1.165) is 11.0 Å². The highest BCUT2D eigenvalue weighted by Gasteiger charge is 2.39. The van der Waals surface area contributed by atoms with Gasteiger partial charge in [0, 0.05) is 0 Å². The van der Waals surface area contributed by atoms with Crippen molar-refractivity contribution < 1.29 is 14.0 Å². The van der Waals surface area contributed by atoms with Gasteiger partial charge in [-0.25, -0.2) is 9.29 Å². The largest absolute Gasteiger partial charge is 0.268 e. The van der Waals surface area contributed by atoms with Crippen LogP contribution in [0.15, 0.2) is 42.5 Å². The maximum absolute atomic E-state index is 13.5. The molecular weight excluding hydrogens is 333 g/mol. The molecule has 1 aliphatic rings. The summed E-state index contributed by atoms with van der Waals surface area (Å²) >= 11 is 0. The van der Waals surface area contributed by atoms with Crippen molar-refractivity contribution in [2.24, 2.45) is 0 Å². The summed E-state index contributed by atoms with van der Waals surface area (Å²) in [7, 11) is -1.81. The monoisotopic (exact) mass is 355 g/mol. The number of carbonyl (C=O) groups excluding carboxylic acids is 2. The third kappa shape index (κ3) is 2.72. The van der Waals surface area contributed by atoms with Crippen LogP contribution in [-0.2, 0) is 0 Å². The zero-order chi connectivity index (χ0) is 18.6. The zero-order valence-corrected chi connectivity index (χ0v) is 16.2. The molecule has 2 aromatic rings. The molecule has 0 fully saturated rings. The van der Waals surface area contributed by atoms with Gasteiger partial charge in [0.15, 0.2) is 0 Å². The van der Waals surface area contributed by atoms with E-state index in [1.165, 1.54) is 17.3 Å². The fraction of sp³-hybridized carbons (Fsp3) is 0.300. The molecule has 0 spiro atoms. The molecule has 1 aliphatic heterocycles. The Labute approximate surface area is 148 Å². The second-order valence-corrected chi connectivity index (χ2v) is 13.4. The van der Waals surface area contributed by atoms with Gasteiger partial charge in [0.05, 0.1) is 24.9 Å². The molecule has 0 unspecified atom stereocenters. The highest BCUT2D eigenvalue weighted by Crippen LogP contribution is 2.36. The van der Waals surface area contributed by atoms with Gasteiger partial charge in [-0.05, 0) is 35.4 Å². The van der Waals surface area contributed by atoms with E-state index >= 15 is 0 Å². The van der Waals surface area contributed by atoms with Crippen molar-refractivity contribution in [1.82, 2.24) is 0 Å². The number of anilines is 1. The molecule has 0 radical (unpaired) electrons. The molecule has 5 heteroatoms. The van der Waals surface area contributed by atoms with E-state index in [4.69, 9.17) is 0 Å². The van der Waals surface area contributed by atoms with Gasteiger partial charge in [-0.15, -0.1) is 0 Å². The van der Waals surface area contributed by atoms with Crippen LogP contribution < -0.4 is 10.1 Å². The second kappa shape index (κ2) is 5.63. The van der Waals surface area contributed by atoms with Gasteiger partial charge in [0.1, 0.15) is 5.82 Å². The van der Waals surface area contributed by atoms with E-state index in [-0.39, 0.29) is 16.2 Å². The number of carbonyl (C=O) groups is 2. The fourth-order valence-electron chi connectivity index (χ4n) is 2.91. The number of fused-ring (bicyclic) bond motifs is 1. The number of imide groups is 1. The molecule has 0 N–H and O–H groups in total. The maximum Gasteiger partial charge on any atom is 0.266 e. The molecule has 0 atom stereocenters. The molecule has 2 amide bonds. The van der Waals surface area contributed by atoms with E-state index in [0.29, 0.717) is 5.69 Å². The quantitative estimate of drug-likeness (QED) is 0.593. The average Bonchev–Trinajstić information content (AvgIpc) is 2.77. The Morgan fingerprint density at radius 3 is 2.20 bits per heavy atom. The van der Waals surface area contributed by atoms with Crippen molar-refractivity contribution in [2.45, 2.75) is 38.9 Å². The van der Waals surface area contributed by atoms with E-state index in [2.05, 4.69) is 39.9 Å². The number of hydrogen-bond acceptors (Lipinski definition) is 2. The summed E-state index contributed by atoms with van der Waals surface area (Å²) in [6.45, 7) is 11.2. The zero-order valence-electron chi connectivity index (χ0n) is 15.2. The topological polar surface area (TPSA) is 37.4 Å². The molecular formula is C20H22FNO2Si. The Bertz CT molecular complexity index is 884. The van der Waals surface area contributed by atoms with Gasteiger partial charge >= 0.3 is 0 Å². The molecule has 130 valence electrons. The van der Waals surface area contributed by atoms with Gasteiger partial charge in [0.25, 0.3) is 11.8 Å². The second-order valence-electron chi connectivity index (χ2n) is 8.06. The van der Waals surface area contributed by atoms with Crippen molar-refractivity contribution in [3.8, 4) is 0 Å². The molecule has 0 aliphatic carbocycles. The number of hydrogen-bond donors (Lipinski definition) is 0. The first-order valence-electron chi connectivity index (χ1n) is 8.33. The number of benzene rings is 2. The van der Waals surface area contributed by atoms with Crippen LogP contribution in [0.1, 0.15) is 41.5 Å². The van der Waals surface area contributed by atoms with Gasteiger partial charge in [-0.2, -0.15) is 0 Å². The normalized spacial score (nSPS) is 14.9. The molecule has 0 bridgehead atoms. The van der Waals surface area contributed by atoms with Crippen LogP contribution in [0.2, 0.25) is 18.1 Å². The lowest BCUT2D eigenvalue weighted by molar-refractivity contribution is 0.0926. The standard InChI is InChI=1S/C20H22FNO2Si/c1-20(2,3)25(4,5)15-8-6-7-14(12-15)22-18(23)16-10-9-13(21)11-17(16)19(22)24/h6-12H,1-5H3. The maximum atomic E-state index is 13.5. The van der Waals surface area contributed by atoms with Gasteiger partial charge < -0.3 is 0 Å². The van der Waals surface area contributed by atoms with Crippen LogP contribution in [0.4, 0.5) is 10.1 Å². The smallest absolute Gasteiger partial charge is 0.266 e. The Morgan fingerprint density at radius 1 is 0.920 bits per heavy atom. The van der Waals surface area contributed by atoms with Gasteiger partial charge in [-0.1, -0.05) is 51.2 Å². The molecule has 3 nitrogen and oxygen atoms in total. The lowest BCUT2D eigenvalue weighted by Crippen LogP contribution is -2.49. The number of halogens is 1. The minimum absolute atomic E-state index is 0.128. The molecule has 0 saturated heterocycles. The lowest BCUT2D eigenvalue weighted by Gasteiger charge is -2.37. The summed E-state index contributed by atoms with van der Waals surface area (Å²) in [4.78, 5) is 26.5. The van der Waals surface area contributed by atoms with Crippen LogP contribution in [0.25, 0.3) is 0 Å². The van der Waals surface area contributed by atoms with Crippen LogP contribution in [0.5, 0.6) is 0 Å². The molecule has 25 heavy (non-hydrogen) atoms. The predicted molar refractivity (Wildman–Crippen MR) is 101 cm³/mol. The van der Waals surface area contributed by atoms with Gasteiger partial charge in [-0.3, -0.25) is 9.59 Å². The van der Waals surface area contributed by atoms with Crippen molar-refractivity contribution >= 4 is 30.8 Å². The third-order valence-corrected chi connectivity index (χ3v) is 11.1. The summed E-state index contributed by atoms with van der Waals surface area (Å²) in [5.41, 5.74) is 0.931. The van der Waals surface area contributed by atoms with Crippen LogP contribution in [0, 0.1) is 5.82 Å². The van der Waals surface area contributed by atoms with E-state index in [1.54, 1.807) is 6.07 Å². The van der Waals surface area contributed by atoms with E-state index in [1.807, 2.05) is 12.1 Å². The minimum Gasteiger partial charge on any atom is -0.268 e. The highest BCUT2D eigenvalue weighted by atomic mass is 28.3. The summed E-state index contributed by atoms with van der Waals surface area (Å²) < 4.78 is 13.5. The van der Waals surface area contributed by atoms with Crippen LogP contribution in [-0.4, -0.2) is 19.9 Å². The highest BCUT2D eigenvalue weighted by molar-refractivity contribution is 6.92. The first-order chi connectivity index (χ1) is 11.5. The van der Waals surface area contributed by atoms with Crippen molar-refractivity contribution in [2.75, 3.05) is 4.90 Å². The molecule has 2 aromatic carbocycles. The Morgan fingerprint density at radius 2 is 1.56 bits per heavy atom. The van der Waals surface area contributed by atoms with Crippen molar-refractivity contribution in [1.29, 1.82) is 0 Å². The number of amides is 2. The van der Waals surface area contributed by atoms with Crippen LogP contribution in [0.3, 0.4) is 0 Å². The summed E-state index contributed by atoms with van der Waals surface area (Å²) in [5.74, 6) is -1.38. The van der Waals surface area contributed by atoms with E-state index in [9.17, 15) is 14.0 Å². The fourth-order valence-corrected chi connectivity index (χ4v) is 4.80. The first-order valence-corrected chi connectivity index (χ1v) is 11.3. The Balaban J connectivity index is 2.06. The number of rotatable bonds is 2. The molecule has 0 saturated carbocycles. The molecule has 3 rings (SSSR count).